The highest BCUT2D eigenvalue weighted by molar-refractivity contribution is 7.18. The molecule has 1 fully saturated rings. The van der Waals surface area contributed by atoms with Gasteiger partial charge in [-0.3, -0.25) is 4.79 Å². The van der Waals surface area contributed by atoms with E-state index < -0.39 is 0 Å². The van der Waals surface area contributed by atoms with E-state index in [2.05, 4.69) is 29.5 Å². The Balaban J connectivity index is 2.03. The first-order chi connectivity index (χ1) is 9.75. The molecule has 21 heavy (non-hydrogen) atoms. The van der Waals surface area contributed by atoms with Crippen LogP contribution < -0.4 is 16.4 Å². The number of carbonyl (C=O) groups excluding carboxylic acids is 1. The van der Waals surface area contributed by atoms with Gasteiger partial charge in [0.1, 0.15) is 10.7 Å². The van der Waals surface area contributed by atoms with Crippen LogP contribution in [0.25, 0.3) is 0 Å². The molecule has 0 bridgehead atoms. The van der Waals surface area contributed by atoms with Crippen molar-refractivity contribution in [2.24, 2.45) is 5.41 Å². The van der Waals surface area contributed by atoms with Gasteiger partial charge in [0, 0.05) is 24.6 Å². The van der Waals surface area contributed by atoms with Gasteiger partial charge in [0.2, 0.25) is 0 Å². The van der Waals surface area contributed by atoms with E-state index in [0.29, 0.717) is 10.0 Å². The number of methoxy groups -OCH3 is 1. The van der Waals surface area contributed by atoms with Crippen molar-refractivity contribution in [2.45, 2.75) is 52.3 Å². The van der Waals surface area contributed by atoms with Crippen LogP contribution in [0, 0.1) is 5.41 Å². The third-order valence-corrected chi connectivity index (χ3v) is 5.04. The average molecular weight is 312 g/mol. The molecule has 2 unspecified atom stereocenters. The Bertz CT molecular complexity index is 527. The lowest BCUT2D eigenvalue weighted by molar-refractivity contribution is -0.0942. The zero-order chi connectivity index (χ0) is 15.8. The molecule has 1 amide bonds. The number of hydrogen-bond acceptors (Lipinski definition) is 6. The maximum Gasteiger partial charge on any atom is 0.265 e. The van der Waals surface area contributed by atoms with Gasteiger partial charge in [0.05, 0.1) is 6.10 Å². The molecule has 118 valence electrons. The van der Waals surface area contributed by atoms with Crippen molar-refractivity contribution < 1.29 is 9.53 Å². The number of nitrogens with zero attached hydrogens (tertiary/aromatic N) is 1. The van der Waals surface area contributed by atoms with Gasteiger partial charge in [-0.1, -0.05) is 25.2 Å². The quantitative estimate of drug-likeness (QED) is 0.774. The molecule has 0 aromatic carbocycles. The van der Waals surface area contributed by atoms with Gasteiger partial charge in [-0.25, -0.2) is 4.98 Å². The first kappa shape index (κ1) is 16.0. The van der Waals surface area contributed by atoms with Crippen molar-refractivity contribution in [3.8, 4) is 0 Å². The monoisotopic (exact) mass is 312 g/mol. The summed E-state index contributed by atoms with van der Waals surface area (Å²) >= 11 is 1.29. The summed E-state index contributed by atoms with van der Waals surface area (Å²) in [7, 11) is 1.70. The highest BCUT2D eigenvalue weighted by atomic mass is 32.1. The summed E-state index contributed by atoms with van der Waals surface area (Å²) in [5.41, 5.74) is 5.78. The van der Waals surface area contributed by atoms with Crippen LogP contribution in [0.2, 0.25) is 0 Å². The summed E-state index contributed by atoms with van der Waals surface area (Å²) in [5, 5.41) is 6.88. The molecule has 0 spiro atoms. The number of aromatic nitrogens is 1. The second-order valence-corrected chi connectivity index (χ2v) is 7.34. The third kappa shape index (κ3) is 3.13. The topological polar surface area (TPSA) is 89.3 Å². The molecule has 0 saturated heterocycles. The fourth-order valence-corrected chi connectivity index (χ4v) is 3.49. The van der Waals surface area contributed by atoms with Gasteiger partial charge in [0.15, 0.2) is 5.13 Å². The van der Waals surface area contributed by atoms with Gasteiger partial charge in [-0.2, -0.15) is 0 Å². The first-order valence-corrected chi connectivity index (χ1v) is 7.93. The molecule has 1 aromatic rings. The van der Waals surface area contributed by atoms with Crippen molar-refractivity contribution in [2.75, 3.05) is 18.2 Å². The highest BCUT2D eigenvalue weighted by Crippen LogP contribution is 2.42. The van der Waals surface area contributed by atoms with Crippen molar-refractivity contribution >= 4 is 28.2 Å². The predicted octanol–water partition coefficient (Wildman–Crippen LogP) is 2.09. The smallest absolute Gasteiger partial charge is 0.265 e. The fourth-order valence-electron chi connectivity index (χ4n) is 2.56. The van der Waals surface area contributed by atoms with Gasteiger partial charge in [-0.05, 0) is 20.3 Å². The number of thiazole rings is 1. The number of anilines is 2. The zero-order valence-electron chi connectivity index (χ0n) is 13.2. The summed E-state index contributed by atoms with van der Waals surface area (Å²) in [5.74, 6) is 0.121. The molecule has 4 N–H and O–H groups in total. The summed E-state index contributed by atoms with van der Waals surface area (Å²) in [6.45, 7) is 8.22. The third-order valence-electron chi connectivity index (χ3n) is 4.04. The van der Waals surface area contributed by atoms with Crippen LogP contribution >= 0.6 is 11.3 Å². The van der Waals surface area contributed by atoms with Crippen molar-refractivity contribution in [3.05, 3.63) is 4.88 Å². The molecule has 7 heteroatoms. The molecule has 1 heterocycles. The Hall–Kier alpha value is -1.34. The van der Waals surface area contributed by atoms with Crippen LogP contribution in [0.5, 0.6) is 0 Å². The Kier molecular flexibility index (Phi) is 4.43. The van der Waals surface area contributed by atoms with E-state index in [1.165, 1.54) is 11.3 Å². The number of ether oxygens (including phenoxy) is 1. The first-order valence-electron chi connectivity index (χ1n) is 7.12. The molecular weight excluding hydrogens is 288 g/mol. The van der Waals surface area contributed by atoms with E-state index in [1.54, 1.807) is 7.11 Å². The summed E-state index contributed by atoms with van der Waals surface area (Å²) in [6.07, 6.45) is 1.00. The molecule has 6 nitrogen and oxygen atoms in total. The zero-order valence-corrected chi connectivity index (χ0v) is 14.0. The second kappa shape index (κ2) is 5.81. The average Bonchev–Trinajstić information content (AvgIpc) is 2.73. The minimum absolute atomic E-state index is 0.0666. The molecule has 1 aliphatic rings. The normalized spacial score (nSPS) is 23.7. The number of nitrogen functional groups attached to an aromatic ring is 1. The van der Waals surface area contributed by atoms with E-state index in [1.807, 2.05) is 13.8 Å². The molecule has 1 saturated carbocycles. The van der Waals surface area contributed by atoms with Crippen LogP contribution in [0.3, 0.4) is 0 Å². The molecule has 1 aliphatic carbocycles. The predicted molar refractivity (Wildman–Crippen MR) is 85.7 cm³/mol. The number of amides is 1. The number of hydrogen-bond donors (Lipinski definition) is 3. The van der Waals surface area contributed by atoms with E-state index in [-0.39, 0.29) is 35.3 Å². The SMILES string of the molecule is COC1CC(NC(=O)c2sc(NC(C)C)nc2N)C1(C)C. The molecule has 1 aromatic heterocycles. The van der Waals surface area contributed by atoms with Crippen LogP contribution in [-0.2, 0) is 4.74 Å². The largest absolute Gasteiger partial charge is 0.382 e. The summed E-state index contributed by atoms with van der Waals surface area (Å²) in [6, 6.07) is 0.345. The van der Waals surface area contributed by atoms with Crippen LogP contribution in [0.15, 0.2) is 0 Å². The van der Waals surface area contributed by atoms with E-state index in [9.17, 15) is 4.79 Å². The molecule has 0 aliphatic heterocycles. The van der Waals surface area contributed by atoms with E-state index in [4.69, 9.17) is 10.5 Å². The Labute approximate surface area is 129 Å². The maximum absolute atomic E-state index is 12.4. The van der Waals surface area contributed by atoms with Crippen molar-refractivity contribution in [1.82, 2.24) is 10.3 Å². The van der Waals surface area contributed by atoms with Crippen molar-refractivity contribution in [1.29, 1.82) is 0 Å². The molecular formula is C14H24N4O2S. The molecule has 2 atom stereocenters. The minimum atomic E-state index is -0.158. The van der Waals surface area contributed by atoms with Gasteiger partial charge < -0.3 is 21.1 Å². The van der Waals surface area contributed by atoms with Crippen LogP contribution in [0.1, 0.15) is 43.8 Å². The molecule has 0 radical (unpaired) electrons. The van der Waals surface area contributed by atoms with Crippen LogP contribution in [-0.4, -0.2) is 36.2 Å². The second-order valence-electron chi connectivity index (χ2n) is 6.34. The number of rotatable bonds is 5. The van der Waals surface area contributed by atoms with Gasteiger partial charge >= 0.3 is 0 Å². The minimum Gasteiger partial charge on any atom is -0.382 e. The summed E-state index contributed by atoms with van der Waals surface area (Å²) < 4.78 is 5.39. The Morgan fingerprint density at radius 1 is 1.52 bits per heavy atom. The summed E-state index contributed by atoms with van der Waals surface area (Å²) in [4.78, 5) is 17.0. The maximum atomic E-state index is 12.4. The van der Waals surface area contributed by atoms with E-state index in [0.717, 1.165) is 6.42 Å². The highest BCUT2D eigenvalue weighted by Gasteiger charge is 2.49. The Morgan fingerprint density at radius 2 is 2.19 bits per heavy atom. The lowest BCUT2D eigenvalue weighted by atomic mass is 9.64. The molecule has 2 rings (SSSR count). The van der Waals surface area contributed by atoms with E-state index >= 15 is 0 Å². The number of nitrogens with one attached hydrogen (secondary N) is 2. The lowest BCUT2D eigenvalue weighted by Gasteiger charge is -2.51. The van der Waals surface area contributed by atoms with Crippen molar-refractivity contribution in [3.63, 3.8) is 0 Å². The standard InChI is InChI=1S/C14H24N4O2S/c1-7(2)16-13-18-11(15)10(21-13)12(19)17-8-6-9(20-5)14(8,3)4/h7-9H,6,15H2,1-5H3,(H,16,18)(H,17,19). The fraction of sp³-hybridized carbons (Fsp3) is 0.714. The number of carbonyl (C=O) groups is 1. The lowest BCUT2D eigenvalue weighted by Crippen LogP contribution is -2.61. The number of nitrogens with two attached hydrogens (primary N) is 1. The van der Waals surface area contributed by atoms with Crippen LogP contribution in [0.4, 0.5) is 10.9 Å². The van der Waals surface area contributed by atoms with Gasteiger partial charge in [-0.15, -0.1) is 0 Å². The van der Waals surface area contributed by atoms with Gasteiger partial charge in [0.25, 0.3) is 5.91 Å². The Morgan fingerprint density at radius 3 is 2.71 bits per heavy atom.